The van der Waals surface area contributed by atoms with Gasteiger partial charge in [-0.15, -0.1) is 0 Å². The summed E-state index contributed by atoms with van der Waals surface area (Å²) in [6.45, 7) is 4.61. The van der Waals surface area contributed by atoms with Crippen LogP contribution in [0.15, 0.2) is 12.4 Å². The first kappa shape index (κ1) is 11.1. The van der Waals surface area contributed by atoms with E-state index in [0.717, 1.165) is 12.2 Å². The Balaban J connectivity index is 1.92. The van der Waals surface area contributed by atoms with E-state index >= 15 is 0 Å². The van der Waals surface area contributed by atoms with Crippen LogP contribution in [0.4, 0.5) is 0 Å². The highest BCUT2D eigenvalue weighted by Crippen LogP contribution is 2.20. The molecule has 2 rings (SSSR count). The number of nitrogens with one attached hydrogen (secondary N) is 2. The number of carbonyl (C=O) groups excluding carboxylic acids is 1. The number of hydrogen-bond donors (Lipinski definition) is 2. The number of H-pyrrole nitrogens is 1. The van der Waals surface area contributed by atoms with Crippen molar-refractivity contribution in [1.82, 2.24) is 15.3 Å². The largest absolute Gasteiger partial charge is 0.368 e. The maximum Gasteiger partial charge on any atom is 0.249 e. The maximum atomic E-state index is 11.9. The van der Waals surface area contributed by atoms with E-state index in [1.165, 1.54) is 0 Å². The molecule has 1 aliphatic heterocycles. The van der Waals surface area contributed by atoms with E-state index in [1.807, 2.05) is 13.8 Å². The quantitative estimate of drug-likeness (QED) is 0.803. The van der Waals surface area contributed by atoms with Gasteiger partial charge in [0.05, 0.1) is 6.04 Å². The van der Waals surface area contributed by atoms with Gasteiger partial charge in [-0.05, 0) is 19.3 Å². The van der Waals surface area contributed by atoms with Crippen LogP contribution in [0.2, 0.25) is 0 Å². The monoisotopic (exact) mass is 223 g/mol. The summed E-state index contributed by atoms with van der Waals surface area (Å²) in [5.74, 6) is 1.01. The molecular weight excluding hydrogens is 206 g/mol. The van der Waals surface area contributed by atoms with E-state index in [-0.39, 0.29) is 18.1 Å². The summed E-state index contributed by atoms with van der Waals surface area (Å²) in [6, 6.07) is -0.112. The van der Waals surface area contributed by atoms with Gasteiger partial charge < -0.3 is 15.0 Å². The summed E-state index contributed by atoms with van der Waals surface area (Å²) in [6.07, 6.45) is 4.06. The van der Waals surface area contributed by atoms with Gasteiger partial charge in [0, 0.05) is 19.0 Å². The lowest BCUT2D eigenvalue weighted by Crippen LogP contribution is -2.38. The van der Waals surface area contributed by atoms with E-state index in [1.54, 1.807) is 12.4 Å². The number of ether oxygens (including phenoxy) is 1. The minimum atomic E-state index is -0.308. The van der Waals surface area contributed by atoms with Gasteiger partial charge in [-0.2, -0.15) is 0 Å². The van der Waals surface area contributed by atoms with Crippen LogP contribution < -0.4 is 5.32 Å². The lowest BCUT2D eigenvalue weighted by molar-refractivity contribution is -0.132. The van der Waals surface area contributed by atoms with Gasteiger partial charge in [0.1, 0.15) is 11.9 Å². The van der Waals surface area contributed by atoms with Crippen molar-refractivity contribution in [3.05, 3.63) is 18.2 Å². The van der Waals surface area contributed by atoms with Gasteiger partial charge in [0.2, 0.25) is 5.91 Å². The maximum absolute atomic E-state index is 11.9. The molecule has 0 bridgehead atoms. The lowest BCUT2D eigenvalue weighted by atomic mass is 10.0. The molecule has 1 amide bonds. The van der Waals surface area contributed by atoms with Crippen molar-refractivity contribution >= 4 is 5.91 Å². The van der Waals surface area contributed by atoms with Crippen LogP contribution in [0.25, 0.3) is 0 Å². The Labute approximate surface area is 94.6 Å². The number of nitrogens with zero attached hydrogens (tertiary/aromatic N) is 1. The van der Waals surface area contributed by atoms with Gasteiger partial charge >= 0.3 is 0 Å². The van der Waals surface area contributed by atoms with Crippen LogP contribution in [0, 0.1) is 5.92 Å². The first-order chi connectivity index (χ1) is 7.68. The van der Waals surface area contributed by atoms with E-state index in [0.29, 0.717) is 12.5 Å². The zero-order chi connectivity index (χ0) is 11.5. The molecule has 2 N–H and O–H groups in total. The molecule has 1 aliphatic rings. The van der Waals surface area contributed by atoms with Gasteiger partial charge in [0.15, 0.2) is 0 Å². The van der Waals surface area contributed by atoms with Crippen molar-refractivity contribution in [2.24, 2.45) is 5.92 Å². The fourth-order valence-corrected chi connectivity index (χ4v) is 1.91. The summed E-state index contributed by atoms with van der Waals surface area (Å²) in [4.78, 5) is 19.0. The van der Waals surface area contributed by atoms with Crippen molar-refractivity contribution in [3.63, 3.8) is 0 Å². The predicted octanol–water partition coefficient (Wildman–Crippen LogP) is 1.01. The molecule has 0 radical (unpaired) electrons. The van der Waals surface area contributed by atoms with Crippen LogP contribution >= 0.6 is 0 Å². The fraction of sp³-hybridized carbons (Fsp3) is 0.636. The predicted molar refractivity (Wildman–Crippen MR) is 58.7 cm³/mol. The van der Waals surface area contributed by atoms with Crippen molar-refractivity contribution in [2.75, 3.05) is 6.61 Å². The molecule has 0 aromatic carbocycles. The SMILES string of the molecule is CC(NC(=O)C1OCCC1C)c1ncc[nH]1. The lowest BCUT2D eigenvalue weighted by Gasteiger charge is -2.17. The number of imidazole rings is 1. The van der Waals surface area contributed by atoms with Crippen LogP contribution in [0.3, 0.4) is 0 Å². The second-order valence-corrected chi connectivity index (χ2v) is 4.26. The number of carbonyl (C=O) groups is 1. The van der Waals surface area contributed by atoms with Crippen LogP contribution in [-0.2, 0) is 9.53 Å². The first-order valence-electron chi connectivity index (χ1n) is 5.59. The Kier molecular flexibility index (Phi) is 3.24. The van der Waals surface area contributed by atoms with Gasteiger partial charge in [-0.25, -0.2) is 4.98 Å². The molecule has 1 saturated heterocycles. The minimum absolute atomic E-state index is 0.0473. The molecule has 1 fully saturated rings. The Morgan fingerprint density at radius 1 is 1.75 bits per heavy atom. The topological polar surface area (TPSA) is 67.0 Å². The molecular formula is C11H17N3O2. The third-order valence-corrected chi connectivity index (χ3v) is 2.93. The number of aromatic nitrogens is 2. The molecule has 1 aromatic heterocycles. The summed E-state index contributed by atoms with van der Waals surface area (Å²) in [5.41, 5.74) is 0. The summed E-state index contributed by atoms with van der Waals surface area (Å²) >= 11 is 0. The molecule has 0 saturated carbocycles. The average molecular weight is 223 g/mol. The molecule has 3 unspecified atom stereocenters. The second kappa shape index (κ2) is 4.65. The van der Waals surface area contributed by atoms with Gasteiger partial charge in [0.25, 0.3) is 0 Å². The molecule has 88 valence electrons. The highest BCUT2D eigenvalue weighted by molar-refractivity contribution is 5.81. The van der Waals surface area contributed by atoms with Crippen LogP contribution in [0.5, 0.6) is 0 Å². The summed E-state index contributed by atoms with van der Waals surface area (Å²) in [7, 11) is 0. The fourth-order valence-electron chi connectivity index (χ4n) is 1.91. The number of aromatic amines is 1. The van der Waals surface area contributed by atoms with E-state index in [2.05, 4.69) is 15.3 Å². The molecule has 0 spiro atoms. The molecule has 5 heteroatoms. The summed E-state index contributed by atoms with van der Waals surface area (Å²) < 4.78 is 5.40. The minimum Gasteiger partial charge on any atom is -0.368 e. The highest BCUT2D eigenvalue weighted by Gasteiger charge is 2.31. The van der Waals surface area contributed by atoms with Crippen molar-refractivity contribution in [2.45, 2.75) is 32.4 Å². The van der Waals surface area contributed by atoms with E-state index in [4.69, 9.17) is 4.74 Å². The van der Waals surface area contributed by atoms with Crippen LogP contribution in [0.1, 0.15) is 32.1 Å². The molecule has 3 atom stereocenters. The van der Waals surface area contributed by atoms with E-state index in [9.17, 15) is 4.79 Å². The highest BCUT2D eigenvalue weighted by atomic mass is 16.5. The summed E-state index contributed by atoms with van der Waals surface area (Å²) in [5, 5.41) is 2.90. The third kappa shape index (κ3) is 2.24. The second-order valence-electron chi connectivity index (χ2n) is 4.26. The molecule has 0 aliphatic carbocycles. The zero-order valence-corrected chi connectivity index (χ0v) is 9.56. The molecule has 2 heterocycles. The molecule has 1 aromatic rings. The third-order valence-electron chi connectivity index (χ3n) is 2.93. The average Bonchev–Trinajstić information content (AvgIpc) is 2.86. The first-order valence-corrected chi connectivity index (χ1v) is 5.59. The van der Waals surface area contributed by atoms with Crippen molar-refractivity contribution in [1.29, 1.82) is 0 Å². The zero-order valence-electron chi connectivity index (χ0n) is 9.56. The Bertz CT molecular complexity index is 350. The van der Waals surface area contributed by atoms with Crippen LogP contribution in [-0.4, -0.2) is 28.6 Å². The Hall–Kier alpha value is -1.36. The Morgan fingerprint density at radius 2 is 2.56 bits per heavy atom. The smallest absolute Gasteiger partial charge is 0.249 e. The van der Waals surface area contributed by atoms with Gasteiger partial charge in [-0.1, -0.05) is 6.92 Å². The van der Waals surface area contributed by atoms with E-state index < -0.39 is 0 Å². The normalized spacial score (nSPS) is 26.6. The number of amides is 1. The Morgan fingerprint density at radius 3 is 3.12 bits per heavy atom. The molecule has 16 heavy (non-hydrogen) atoms. The molecule has 5 nitrogen and oxygen atoms in total. The van der Waals surface area contributed by atoms with Crippen molar-refractivity contribution in [3.8, 4) is 0 Å². The van der Waals surface area contributed by atoms with Crippen molar-refractivity contribution < 1.29 is 9.53 Å². The number of hydrogen-bond acceptors (Lipinski definition) is 3. The van der Waals surface area contributed by atoms with Gasteiger partial charge in [-0.3, -0.25) is 4.79 Å². The number of rotatable bonds is 3. The standard InChI is InChI=1S/C11H17N3O2/c1-7-3-6-16-9(7)11(15)14-8(2)10-12-4-5-13-10/h4-5,7-9H,3,6H2,1-2H3,(H,12,13)(H,14,15).